The minimum Gasteiger partial charge on any atom is -0.309 e. The van der Waals surface area contributed by atoms with Crippen molar-refractivity contribution in [1.82, 2.24) is 4.57 Å². The van der Waals surface area contributed by atoms with Gasteiger partial charge >= 0.3 is 0 Å². The second-order valence-corrected chi connectivity index (χ2v) is 12.0. The zero-order chi connectivity index (χ0) is 31.3. The van der Waals surface area contributed by atoms with E-state index >= 15 is 0 Å². The van der Waals surface area contributed by atoms with Crippen LogP contribution in [0, 0.1) is 11.3 Å². The molecule has 218 valence electrons. The van der Waals surface area contributed by atoms with E-state index in [2.05, 4.69) is 174 Å². The van der Waals surface area contributed by atoms with E-state index in [0.717, 1.165) is 33.4 Å². The Kier molecular flexibility index (Phi) is 6.23. The zero-order valence-electron chi connectivity index (χ0n) is 25.6. The number of nitriles is 1. The average molecular weight is 597 g/mol. The van der Waals surface area contributed by atoms with E-state index in [9.17, 15) is 5.26 Å². The van der Waals surface area contributed by atoms with Crippen LogP contribution in [0.4, 0.5) is 0 Å². The van der Waals surface area contributed by atoms with Gasteiger partial charge in [-0.05, 0) is 74.1 Å². The maximum Gasteiger partial charge on any atom is 0.0998 e. The number of benzene rings is 8. The molecule has 47 heavy (non-hydrogen) atoms. The molecule has 8 aromatic carbocycles. The van der Waals surface area contributed by atoms with Gasteiger partial charge in [0.2, 0.25) is 0 Å². The summed E-state index contributed by atoms with van der Waals surface area (Å²) in [5.74, 6) is 0. The first-order valence-electron chi connectivity index (χ1n) is 15.9. The van der Waals surface area contributed by atoms with Gasteiger partial charge in [0.25, 0.3) is 0 Å². The highest BCUT2D eigenvalue weighted by molar-refractivity contribution is 6.21. The lowest BCUT2D eigenvalue weighted by atomic mass is 9.85. The minimum absolute atomic E-state index is 0.650. The predicted molar refractivity (Wildman–Crippen MR) is 197 cm³/mol. The monoisotopic (exact) mass is 596 g/mol. The summed E-state index contributed by atoms with van der Waals surface area (Å²) < 4.78 is 2.34. The third-order valence-corrected chi connectivity index (χ3v) is 9.44. The summed E-state index contributed by atoms with van der Waals surface area (Å²) in [4.78, 5) is 0. The quantitative estimate of drug-likeness (QED) is 0.186. The Balaban J connectivity index is 1.34. The van der Waals surface area contributed by atoms with Crippen LogP contribution < -0.4 is 0 Å². The Hall–Kier alpha value is -6.43. The Bertz CT molecular complexity index is 2580. The summed E-state index contributed by atoms with van der Waals surface area (Å²) in [7, 11) is 0. The van der Waals surface area contributed by atoms with E-state index in [1.54, 1.807) is 0 Å². The van der Waals surface area contributed by atoms with Crippen molar-refractivity contribution < 1.29 is 0 Å². The van der Waals surface area contributed by atoms with E-state index in [-0.39, 0.29) is 0 Å². The molecule has 1 heterocycles. The third-order valence-electron chi connectivity index (χ3n) is 9.44. The molecule has 1 aromatic heterocycles. The normalized spacial score (nSPS) is 11.4. The molecule has 0 amide bonds. The molecule has 0 atom stereocenters. The molecule has 0 saturated carbocycles. The summed E-state index contributed by atoms with van der Waals surface area (Å²) in [5.41, 5.74) is 10.6. The summed E-state index contributed by atoms with van der Waals surface area (Å²) in [6, 6.07) is 62.5. The molecule has 0 radical (unpaired) electrons. The summed E-state index contributed by atoms with van der Waals surface area (Å²) in [5, 5.41) is 17.7. The Morgan fingerprint density at radius 1 is 0.383 bits per heavy atom. The molecule has 0 spiro atoms. The average Bonchev–Trinajstić information content (AvgIpc) is 3.48. The first kappa shape index (κ1) is 26.9. The Morgan fingerprint density at radius 2 is 0.851 bits per heavy atom. The molecule has 0 fully saturated rings. The maximum atomic E-state index is 10.5. The first-order chi connectivity index (χ1) is 23.3. The van der Waals surface area contributed by atoms with Crippen molar-refractivity contribution in [2.24, 2.45) is 0 Å². The molecule has 9 rings (SSSR count). The molecule has 0 saturated heterocycles. The highest BCUT2D eigenvalue weighted by Crippen LogP contribution is 2.45. The van der Waals surface area contributed by atoms with Crippen LogP contribution in [0.5, 0.6) is 0 Å². The largest absolute Gasteiger partial charge is 0.309 e. The lowest BCUT2D eigenvalue weighted by Crippen LogP contribution is -1.98. The summed E-state index contributed by atoms with van der Waals surface area (Å²) >= 11 is 0. The van der Waals surface area contributed by atoms with Crippen molar-refractivity contribution in [1.29, 1.82) is 5.26 Å². The predicted octanol–water partition coefficient (Wildman–Crippen LogP) is 12.0. The highest BCUT2D eigenvalue weighted by atomic mass is 15.0. The van der Waals surface area contributed by atoms with Crippen LogP contribution in [0.2, 0.25) is 0 Å². The minimum atomic E-state index is 0.650. The van der Waals surface area contributed by atoms with Crippen molar-refractivity contribution >= 4 is 43.4 Å². The van der Waals surface area contributed by atoms with Crippen molar-refractivity contribution in [3.8, 4) is 45.1 Å². The first-order valence-corrected chi connectivity index (χ1v) is 15.9. The van der Waals surface area contributed by atoms with E-state index in [1.165, 1.54) is 49.0 Å². The number of para-hydroxylation sites is 3. The number of fused-ring (bicyclic) bond motifs is 5. The molecular formula is C45H28N2. The topological polar surface area (TPSA) is 28.7 Å². The molecule has 2 heteroatoms. The third kappa shape index (κ3) is 4.18. The SMILES string of the molecule is N#Cc1ccc(-c2c3ccccc3c(-c3ccccc3)c3ccccc23)cc1-c1ccccc1-n1c2ccccc2c2ccccc21. The smallest absolute Gasteiger partial charge is 0.0998 e. The highest BCUT2D eigenvalue weighted by Gasteiger charge is 2.20. The van der Waals surface area contributed by atoms with Gasteiger partial charge in [-0.2, -0.15) is 5.26 Å². The molecular weight excluding hydrogens is 569 g/mol. The number of aromatic nitrogens is 1. The molecule has 0 aliphatic rings. The molecule has 0 N–H and O–H groups in total. The fraction of sp³-hybridized carbons (Fsp3) is 0. The van der Waals surface area contributed by atoms with Gasteiger partial charge in [-0.1, -0.05) is 140 Å². The van der Waals surface area contributed by atoms with Gasteiger partial charge in [-0.15, -0.1) is 0 Å². The van der Waals surface area contributed by atoms with Crippen molar-refractivity contribution in [2.75, 3.05) is 0 Å². The van der Waals surface area contributed by atoms with Crippen LogP contribution >= 0.6 is 0 Å². The van der Waals surface area contributed by atoms with E-state index in [0.29, 0.717) is 5.56 Å². The zero-order valence-corrected chi connectivity index (χ0v) is 25.6. The van der Waals surface area contributed by atoms with E-state index < -0.39 is 0 Å². The van der Waals surface area contributed by atoms with E-state index in [4.69, 9.17) is 0 Å². The fourth-order valence-corrected chi connectivity index (χ4v) is 7.45. The van der Waals surface area contributed by atoms with Crippen molar-refractivity contribution in [3.63, 3.8) is 0 Å². The van der Waals surface area contributed by atoms with Gasteiger partial charge in [0.15, 0.2) is 0 Å². The van der Waals surface area contributed by atoms with Crippen molar-refractivity contribution in [3.05, 3.63) is 175 Å². The maximum absolute atomic E-state index is 10.5. The van der Waals surface area contributed by atoms with Gasteiger partial charge in [0, 0.05) is 21.9 Å². The number of hydrogen-bond donors (Lipinski definition) is 0. The lowest BCUT2D eigenvalue weighted by molar-refractivity contribution is 1.18. The Labute approximate surface area is 273 Å². The number of rotatable bonds is 4. The van der Waals surface area contributed by atoms with Crippen LogP contribution in [-0.4, -0.2) is 4.57 Å². The molecule has 9 aromatic rings. The summed E-state index contributed by atoms with van der Waals surface area (Å²) in [6.45, 7) is 0. The summed E-state index contributed by atoms with van der Waals surface area (Å²) in [6.07, 6.45) is 0. The van der Waals surface area contributed by atoms with Crippen LogP contribution in [0.25, 0.3) is 82.4 Å². The lowest BCUT2D eigenvalue weighted by Gasteiger charge is -2.19. The Morgan fingerprint density at radius 3 is 1.43 bits per heavy atom. The van der Waals surface area contributed by atoms with Crippen LogP contribution in [-0.2, 0) is 0 Å². The van der Waals surface area contributed by atoms with Gasteiger partial charge in [0.1, 0.15) is 0 Å². The fourth-order valence-electron chi connectivity index (χ4n) is 7.45. The number of nitrogens with zero attached hydrogens (tertiary/aromatic N) is 2. The molecule has 0 bridgehead atoms. The standard InChI is InChI=1S/C45H28N2/c46-29-32-27-26-31(45-38-21-6-4-19-36(38)44(30-14-2-1-3-15-30)37-20-5-7-22-39(37)45)28-40(32)35-18-10-13-25-43(35)47-41-23-11-8-16-33(41)34-17-9-12-24-42(34)47/h1-28H. The molecule has 0 aliphatic carbocycles. The van der Waals surface area contributed by atoms with Gasteiger partial charge in [0.05, 0.1) is 28.4 Å². The van der Waals surface area contributed by atoms with Crippen molar-refractivity contribution in [2.45, 2.75) is 0 Å². The van der Waals surface area contributed by atoms with Crippen LogP contribution in [0.15, 0.2) is 170 Å². The molecule has 2 nitrogen and oxygen atoms in total. The van der Waals surface area contributed by atoms with Gasteiger partial charge in [-0.25, -0.2) is 0 Å². The second-order valence-electron chi connectivity index (χ2n) is 12.0. The molecule has 0 aliphatic heterocycles. The van der Waals surface area contributed by atoms with Crippen LogP contribution in [0.1, 0.15) is 5.56 Å². The number of hydrogen-bond acceptors (Lipinski definition) is 1. The van der Waals surface area contributed by atoms with E-state index in [1.807, 2.05) is 6.07 Å². The van der Waals surface area contributed by atoms with Gasteiger partial charge < -0.3 is 4.57 Å². The molecule has 0 unspecified atom stereocenters. The second kappa shape index (κ2) is 10.9. The van der Waals surface area contributed by atoms with Gasteiger partial charge in [-0.3, -0.25) is 0 Å². The van der Waals surface area contributed by atoms with Crippen LogP contribution in [0.3, 0.4) is 0 Å².